The number of benzene rings is 2. The van der Waals surface area contributed by atoms with E-state index in [4.69, 9.17) is 11.6 Å². The number of nitrogens with zero attached hydrogens (tertiary/aromatic N) is 2. The Morgan fingerprint density at radius 2 is 1.71 bits per heavy atom. The fourth-order valence-electron chi connectivity index (χ4n) is 2.42. The largest absolute Gasteiger partial charge is 0.416 e. The second-order valence-corrected chi connectivity index (χ2v) is 6.31. The highest BCUT2D eigenvalue weighted by molar-refractivity contribution is 6.30. The fourth-order valence-corrected chi connectivity index (χ4v) is 2.55. The van der Waals surface area contributed by atoms with Gasteiger partial charge < -0.3 is 5.32 Å². The number of halogens is 4. The molecule has 0 unspecified atom stereocenters. The zero-order valence-electron chi connectivity index (χ0n) is 14.2. The molecule has 0 saturated heterocycles. The van der Waals surface area contributed by atoms with Gasteiger partial charge in [-0.2, -0.15) is 13.2 Å². The SMILES string of the molecule is O=C(Cn1cnc(-c2ccc(Cl)cc2)cc1=O)Nc1ccc(C(F)(F)F)cc1. The van der Waals surface area contributed by atoms with Crippen LogP contribution >= 0.6 is 11.6 Å². The molecule has 2 aromatic carbocycles. The molecule has 3 rings (SSSR count). The van der Waals surface area contributed by atoms with Crippen molar-refractivity contribution >= 4 is 23.2 Å². The molecule has 0 spiro atoms. The average molecular weight is 408 g/mol. The zero-order chi connectivity index (χ0) is 20.3. The van der Waals surface area contributed by atoms with Crippen LogP contribution in [0.25, 0.3) is 11.3 Å². The summed E-state index contributed by atoms with van der Waals surface area (Å²) in [7, 11) is 0. The summed E-state index contributed by atoms with van der Waals surface area (Å²) < 4.78 is 38.7. The van der Waals surface area contributed by atoms with Crippen LogP contribution in [0.4, 0.5) is 18.9 Å². The first kappa shape index (κ1) is 19.6. The highest BCUT2D eigenvalue weighted by atomic mass is 35.5. The minimum Gasteiger partial charge on any atom is -0.325 e. The molecule has 1 heterocycles. The number of carbonyl (C=O) groups is 1. The molecule has 1 aromatic heterocycles. The van der Waals surface area contributed by atoms with Crippen molar-refractivity contribution in [3.8, 4) is 11.3 Å². The summed E-state index contributed by atoms with van der Waals surface area (Å²) in [6.45, 7) is -0.326. The fraction of sp³-hybridized carbons (Fsp3) is 0.105. The number of anilines is 1. The number of alkyl halides is 3. The van der Waals surface area contributed by atoms with Crippen LogP contribution in [-0.4, -0.2) is 15.5 Å². The molecule has 1 N–H and O–H groups in total. The predicted octanol–water partition coefficient (Wildman–Crippen LogP) is 4.22. The number of amides is 1. The molecule has 5 nitrogen and oxygen atoms in total. The lowest BCUT2D eigenvalue weighted by Crippen LogP contribution is -2.27. The summed E-state index contributed by atoms with van der Waals surface area (Å²) in [5.41, 5.74) is 0.0620. The number of nitrogens with one attached hydrogen (secondary N) is 1. The number of hydrogen-bond donors (Lipinski definition) is 1. The summed E-state index contributed by atoms with van der Waals surface area (Å²) >= 11 is 5.82. The molecule has 0 bridgehead atoms. The Kier molecular flexibility index (Phi) is 5.51. The van der Waals surface area contributed by atoms with Gasteiger partial charge in [-0.15, -0.1) is 0 Å². The molecule has 1 amide bonds. The number of aromatic nitrogens is 2. The van der Waals surface area contributed by atoms with E-state index in [2.05, 4.69) is 10.3 Å². The topological polar surface area (TPSA) is 64.0 Å². The zero-order valence-corrected chi connectivity index (χ0v) is 15.0. The molecule has 0 saturated carbocycles. The third-order valence-electron chi connectivity index (χ3n) is 3.83. The first-order chi connectivity index (χ1) is 13.2. The molecular weight excluding hydrogens is 395 g/mol. The Labute approximate surface area is 162 Å². The van der Waals surface area contributed by atoms with Gasteiger partial charge in [0.15, 0.2) is 0 Å². The Hall–Kier alpha value is -3.13. The van der Waals surface area contributed by atoms with Gasteiger partial charge in [-0.1, -0.05) is 23.7 Å². The standard InChI is InChI=1S/C19H13ClF3N3O2/c20-14-5-1-12(2-6-14)16-9-18(28)26(11-24-16)10-17(27)25-15-7-3-13(4-8-15)19(21,22)23/h1-9,11H,10H2,(H,25,27). The molecule has 0 aliphatic heterocycles. The molecule has 0 radical (unpaired) electrons. The van der Waals surface area contributed by atoms with Crippen molar-refractivity contribution < 1.29 is 18.0 Å². The Morgan fingerprint density at radius 3 is 2.29 bits per heavy atom. The Morgan fingerprint density at radius 1 is 1.07 bits per heavy atom. The molecule has 0 aliphatic rings. The lowest BCUT2D eigenvalue weighted by molar-refractivity contribution is -0.137. The molecule has 0 atom stereocenters. The number of rotatable bonds is 4. The van der Waals surface area contributed by atoms with Crippen molar-refractivity contribution in [1.29, 1.82) is 0 Å². The highest BCUT2D eigenvalue weighted by Gasteiger charge is 2.29. The van der Waals surface area contributed by atoms with Gasteiger partial charge in [-0.25, -0.2) is 4.98 Å². The van der Waals surface area contributed by atoms with E-state index in [9.17, 15) is 22.8 Å². The van der Waals surface area contributed by atoms with Gasteiger partial charge in [0.05, 0.1) is 17.6 Å². The maximum atomic E-state index is 12.6. The summed E-state index contributed by atoms with van der Waals surface area (Å²) in [5.74, 6) is -0.567. The predicted molar refractivity (Wildman–Crippen MR) is 99.0 cm³/mol. The van der Waals surface area contributed by atoms with Crippen molar-refractivity contribution in [1.82, 2.24) is 9.55 Å². The van der Waals surface area contributed by atoms with Gasteiger partial charge in [0, 0.05) is 22.3 Å². The quantitative estimate of drug-likeness (QED) is 0.704. The van der Waals surface area contributed by atoms with Crippen LogP contribution in [0.15, 0.2) is 65.7 Å². The summed E-state index contributed by atoms with van der Waals surface area (Å²) in [4.78, 5) is 28.4. The van der Waals surface area contributed by atoms with Crippen LogP contribution < -0.4 is 10.9 Å². The molecular formula is C19H13ClF3N3O2. The number of carbonyl (C=O) groups excluding carboxylic acids is 1. The normalized spacial score (nSPS) is 11.3. The van der Waals surface area contributed by atoms with Crippen molar-refractivity contribution in [3.05, 3.63) is 81.9 Å². The molecule has 3 aromatic rings. The van der Waals surface area contributed by atoms with Crippen molar-refractivity contribution in [2.45, 2.75) is 12.7 Å². The lowest BCUT2D eigenvalue weighted by Gasteiger charge is -2.10. The van der Waals surface area contributed by atoms with E-state index < -0.39 is 23.2 Å². The van der Waals surface area contributed by atoms with Crippen LogP contribution in [0.3, 0.4) is 0 Å². The summed E-state index contributed by atoms with van der Waals surface area (Å²) in [5, 5.41) is 2.99. The van der Waals surface area contributed by atoms with E-state index in [0.717, 1.165) is 28.8 Å². The smallest absolute Gasteiger partial charge is 0.325 e. The molecule has 144 valence electrons. The van der Waals surface area contributed by atoms with Crippen LogP contribution in [0.2, 0.25) is 5.02 Å². The first-order valence-corrected chi connectivity index (χ1v) is 8.40. The van der Waals surface area contributed by atoms with Crippen LogP contribution in [0, 0.1) is 0 Å². The van der Waals surface area contributed by atoms with Gasteiger partial charge in [-0.3, -0.25) is 14.2 Å². The second-order valence-electron chi connectivity index (χ2n) is 5.87. The van der Waals surface area contributed by atoms with E-state index >= 15 is 0 Å². The van der Waals surface area contributed by atoms with E-state index in [1.54, 1.807) is 24.3 Å². The molecule has 0 fully saturated rings. The van der Waals surface area contributed by atoms with E-state index in [0.29, 0.717) is 16.3 Å². The molecule has 28 heavy (non-hydrogen) atoms. The van der Waals surface area contributed by atoms with Crippen LogP contribution in [-0.2, 0) is 17.5 Å². The van der Waals surface area contributed by atoms with E-state index in [-0.39, 0.29) is 12.2 Å². The van der Waals surface area contributed by atoms with Gasteiger partial charge in [0.25, 0.3) is 5.56 Å². The van der Waals surface area contributed by atoms with Gasteiger partial charge in [-0.05, 0) is 36.4 Å². The second kappa shape index (κ2) is 7.85. The monoisotopic (exact) mass is 407 g/mol. The van der Waals surface area contributed by atoms with Gasteiger partial charge >= 0.3 is 6.18 Å². The maximum Gasteiger partial charge on any atom is 0.416 e. The number of hydrogen-bond acceptors (Lipinski definition) is 3. The Balaban J connectivity index is 1.69. The first-order valence-electron chi connectivity index (χ1n) is 8.02. The van der Waals surface area contributed by atoms with Crippen LogP contribution in [0.1, 0.15) is 5.56 Å². The average Bonchev–Trinajstić information content (AvgIpc) is 2.64. The highest BCUT2D eigenvalue weighted by Crippen LogP contribution is 2.29. The van der Waals surface area contributed by atoms with Crippen molar-refractivity contribution in [2.75, 3.05) is 5.32 Å². The van der Waals surface area contributed by atoms with E-state index in [1.807, 2.05) is 0 Å². The summed E-state index contributed by atoms with van der Waals surface area (Å²) in [6, 6.07) is 12.1. The van der Waals surface area contributed by atoms with E-state index in [1.165, 1.54) is 12.4 Å². The van der Waals surface area contributed by atoms with Gasteiger partial charge in [0.1, 0.15) is 6.54 Å². The summed E-state index contributed by atoms with van der Waals surface area (Å²) in [6.07, 6.45) is -3.22. The van der Waals surface area contributed by atoms with Crippen molar-refractivity contribution in [3.63, 3.8) is 0 Å². The third kappa shape index (κ3) is 4.77. The maximum absolute atomic E-state index is 12.6. The minimum atomic E-state index is -4.45. The minimum absolute atomic E-state index is 0.191. The molecule has 9 heteroatoms. The van der Waals surface area contributed by atoms with Gasteiger partial charge in [0.2, 0.25) is 5.91 Å². The Bertz CT molecular complexity index is 1050. The molecule has 0 aliphatic carbocycles. The van der Waals surface area contributed by atoms with Crippen LogP contribution in [0.5, 0.6) is 0 Å². The third-order valence-corrected chi connectivity index (χ3v) is 4.08. The lowest BCUT2D eigenvalue weighted by atomic mass is 10.1. The van der Waals surface area contributed by atoms with Crippen molar-refractivity contribution in [2.24, 2.45) is 0 Å².